The van der Waals surface area contributed by atoms with Crippen LogP contribution in [-0.4, -0.2) is 4.89 Å². The first-order chi connectivity index (χ1) is 12.0. The van der Waals surface area contributed by atoms with Gasteiger partial charge in [0, 0.05) is 0 Å². The Labute approximate surface area is 151 Å². The molecule has 2 aromatic carbocycles. The number of para-hydroxylation sites is 1. The molecule has 0 bridgehead atoms. The second kappa shape index (κ2) is 9.22. The van der Waals surface area contributed by atoms with Crippen molar-refractivity contribution in [2.75, 3.05) is 0 Å². The molecule has 0 radical (unpaired) electrons. The molecule has 25 heavy (non-hydrogen) atoms. The van der Waals surface area contributed by atoms with Gasteiger partial charge >= 0.3 is 7.60 Å². The summed E-state index contributed by atoms with van der Waals surface area (Å²) >= 11 is 0. The van der Waals surface area contributed by atoms with Gasteiger partial charge in [-0.1, -0.05) is 57.0 Å². The Bertz CT molecular complexity index is 740. The van der Waals surface area contributed by atoms with Crippen molar-refractivity contribution in [1.82, 2.24) is 0 Å². The summed E-state index contributed by atoms with van der Waals surface area (Å²) in [6.07, 6.45) is 5.99. The van der Waals surface area contributed by atoms with Gasteiger partial charge in [0.05, 0.1) is 5.30 Å². The van der Waals surface area contributed by atoms with Crippen LogP contribution in [0.1, 0.15) is 56.2 Å². The Balaban J connectivity index is 2.40. The number of unbranched alkanes of at least 4 members (excludes halogenated alkanes) is 2. The molecule has 1 atom stereocenters. The van der Waals surface area contributed by atoms with Gasteiger partial charge in [-0.15, -0.1) is 0 Å². The average Bonchev–Trinajstić information content (AvgIpc) is 2.60. The first-order valence-electron chi connectivity index (χ1n) is 9.19. The van der Waals surface area contributed by atoms with Crippen LogP contribution in [-0.2, 0) is 17.4 Å². The standard InChI is InChI=1S/C21H29O3P/c1-4-6-12-18-13-10-16-21(19(18)14-7-5-2)25(22,23)24-20-15-9-8-11-17(20)3/h8-11,13,15-16H,4-7,12,14H2,1-3H3,(H,22,23). The van der Waals surface area contributed by atoms with E-state index in [-0.39, 0.29) is 0 Å². The molecular formula is C21H29O3P. The molecule has 1 unspecified atom stereocenters. The van der Waals surface area contributed by atoms with Gasteiger partial charge in [-0.05, 0) is 61.4 Å². The van der Waals surface area contributed by atoms with Gasteiger partial charge in [0.1, 0.15) is 5.75 Å². The van der Waals surface area contributed by atoms with Gasteiger partial charge in [-0.2, -0.15) is 0 Å². The van der Waals surface area contributed by atoms with Crippen molar-refractivity contribution in [1.29, 1.82) is 0 Å². The van der Waals surface area contributed by atoms with Crippen molar-refractivity contribution in [2.45, 2.75) is 59.3 Å². The molecule has 0 fully saturated rings. The Hall–Kier alpha value is -1.57. The molecule has 136 valence electrons. The third-order valence-corrected chi connectivity index (χ3v) is 5.92. The van der Waals surface area contributed by atoms with Gasteiger partial charge in [0.2, 0.25) is 0 Å². The zero-order valence-electron chi connectivity index (χ0n) is 15.5. The summed E-state index contributed by atoms with van der Waals surface area (Å²) in [6, 6.07) is 13.0. The van der Waals surface area contributed by atoms with Gasteiger partial charge in [-0.3, -0.25) is 0 Å². The average molecular weight is 360 g/mol. The third-order valence-electron chi connectivity index (χ3n) is 4.45. The second-order valence-electron chi connectivity index (χ2n) is 6.50. The zero-order valence-corrected chi connectivity index (χ0v) is 16.4. The summed E-state index contributed by atoms with van der Waals surface area (Å²) in [5.41, 5.74) is 3.03. The van der Waals surface area contributed by atoms with Crippen LogP contribution in [0.5, 0.6) is 5.75 Å². The monoisotopic (exact) mass is 360 g/mol. The number of aryl methyl sites for hydroxylation is 2. The van der Waals surface area contributed by atoms with Crippen LogP contribution in [0.15, 0.2) is 42.5 Å². The van der Waals surface area contributed by atoms with E-state index in [1.165, 1.54) is 5.56 Å². The molecule has 0 saturated heterocycles. The van der Waals surface area contributed by atoms with Gasteiger partial charge in [-0.25, -0.2) is 4.57 Å². The third kappa shape index (κ3) is 5.20. The lowest BCUT2D eigenvalue weighted by molar-refractivity contribution is 0.392. The molecule has 2 aromatic rings. The Morgan fingerprint density at radius 1 is 0.960 bits per heavy atom. The summed E-state index contributed by atoms with van der Waals surface area (Å²) in [5, 5.41) is 0.456. The molecule has 0 saturated carbocycles. The van der Waals surface area contributed by atoms with Crippen molar-refractivity contribution >= 4 is 12.9 Å². The van der Waals surface area contributed by atoms with E-state index in [1.807, 2.05) is 31.2 Å². The van der Waals surface area contributed by atoms with Crippen LogP contribution in [0.3, 0.4) is 0 Å². The van der Waals surface area contributed by atoms with E-state index >= 15 is 0 Å². The highest BCUT2D eigenvalue weighted by Crippen LogP contribution is 2.44. The van der Waals surface area contributed by atoms with Crippen LogP contribution in [0, 0.1) is 6.92 Å². The minimum absolute atomic E-state index is 0.456. The van der Waals surface area contributed by atoms with Crippen molar-refractivity contribution in [3.8, 4) is 5.75 Å². The molecule has 0 aromatic heterocycles. The fraction of sp³-hybridized carbons (Fsp3) is 0.429. The normalized spacial score (nSPS) is 13.4. The molecule has 0 aliphatic carbocycles. The number of benzene rings is 2. The minimum atomic E-state index is -3.93. The predicted molar refractivity (Wildman–Crippen MR) is 105 cm³/mol. The van der Waals surface area contributed by atoms with E-state index in [1.54, 1.807) is 12.1 Å². The topological polar surface area (TPSA) is 46.5 Å². The second-order valence-corrected chi connectivity index (χ2v) is 8.20. The summed E-state index contributed by atoms with van der Waals surface area (Å²) in [7, 11) is -3.93. The van der Waals surface area contributed by atoms with Crippen molar-refractivity contribution < 1.29 is 14.0 Å². The smallest absolute Gasteiger partial charge is 0.408 e. The highest BCUT2D eigenvalue weighted by Gasteiger charge is 2.29. The van der Waals surface area contributed by atoms with E-state index in [0.29, 0.717) is 11.1 Å². The zero-order chi connectivity index (χ0) is 18.3. The first kappa shape index (κ1) is 19.8. The van der Waals surface area contributed by atoms with Crippen molar-refractivity contribution in [3.05, 3.63) is 59.2 Å². The van der Waals surface area contributed by atoms with E-state index in [9.17, 15) is 9.46 Å². The molecule has 0 heterocycles. The van der Waals surface area contributed by atoms with Gasteiger partial charge in [0.15, 0.2) is 0 Å². The van der Waals surface area contributed by atoms with E-state index < -0.39 is 7.60 Å². The van der Waals surface area contributed by atoms with Crippen LogP contribution in [0.4, 0.5) is 0 Å². The van der Waals surface area contributed by atoms with Gasteiger partial charge < -0.3 is 9.42 Å². The van der Waals surface area contributed by atoms with E-state index in [0.717, 1.165) is 49.7 Å². The summed E-state index contributed by atoms with van der Waals surface area (Å²) in [5.74, 6) is 0.466. The van der Waals surface area contributed by atoms with E-state index in [2.05, 4.69) is 19.9 Å². The molecule has 0 aliphatic rings. The summed E-state index contributed by atoms with van der Waals surface area (Å²) in [4.78, 5) is 10.7. The maximum Gasteiger partial charge on any atom is 0.408 e. The Kier molecular flexibility index (Phi) is 7.28. The number of rotatable bonds is 9. The fourth-order valence-corrected chi connectivity index (χ4v) is 4.41. The molecule has 1 N–H and O–H groups in total. The maximum absolute atomic E-state index is 13.1. The summed E-state index contributed by atoms with van der Waals surface area (Å²) < 4.78 is 18.7. The Morgan fingerprint density at radius 2 is 1.64 bits per heavy atom. The molecule has 0 spiro atoms. The fourth-order valence-electron chi connectivity index (χ4n) is 2.97. The molecule has 3 nitrogen and oxygen atoms in total. The lowest BCUT2D eigenvalue weighted by atomic mass is 9.98. The molecule has 0 aliphatic heterocycles. The predicted octanol–water partition coefficient (Wildman–Crippen LogP) is 5.57. The van der Waals surface area contributed by atoms with Crippen molar-refractivity contribution in [2.24, 2.45) is 0 Å². The van der Waals surface area contributed by atoms with Crippen LogP contribution < -0.4 is 9.83 Å². The minimum Gasteiger partial charge on any atom is -0.421 e. The molecular weight excluding hydrogens is 331 g/mol. The van der Waals surface area contributed by atoms with Crippen LogP contribution in [0.2, 0.25) is 0 Å². The SMILES string of the molecule is CCCCc1cccc(P(=O)(O)Oc2ccccc2C)c1CCCC. The number of hydrogen-bond donors (Lipinski definition) is 1. The largest absolute Gasteiger partial charge is 0.421 e. The highest BCUT2D eigenvalue weighted by atomic mass is 31.2. The molecule has 0 amide bonds. The van der Waals surface area contributed by atoms with Crippen molar-refractivity contribution in [3.63, 3.8) is 0 Å². The molecule has 4 heteroatoms. The molecule has 2 rings (SSSR count). The lowest BCUT2D eigenvalue weighted by Crippen LogP contribution is -2.17. The number of hydrogen-bond acceptors (Lipinski definition) is 2. The maximum atomic E-state index is 13.1. The van der Waals surface area contributed by atoms with Crippen LogP contribution >= 0.6 is 7.60 Å². The quantitative estimate of drug-likeness (QED) is 0.595. The van der Waals surface area contributed by atoms with Gasteiger partial charge in [0.25, 0.3) is 0 Å². The highest BCUT2D eigenvalue weighted by molar-refractivity contribution is 7.61. The first-order valence-corrected chi connectivity index (χ1v) is 10.8. The Morgan fingerprint density at radius 3 is 2.32 bits per heavy atom. The lowest BCUT2D eigenvalue weighted by Gasteiger charge is -2.20. The van der Waals surface area contributed by atoms with E-state index in [4.69, 9.17) is 4.52 Å². The summed E-state index contributed by atoms with van der Waals surface area (Å²) in [6.45, 7) is 6.18. The van der Waals surface area contributed by atoms with Crippen LogP contribution in [0.25, 0.3) is 0 Å².